The normalized spacial score (nSPS) is 14.1. The van der Waals surface area contributed by atoms with Gasteiger partial charge in [-0.25, -0.2) is 0 Å². The summed E-state index contributed by atoms with van der Waals surface area (Å²) in [7, 11) is 4.02. The van der Waals surface area contributed by atoms with Gasteiger partial charge < -0.3 is 14.7 Å². The minimum atomic E-state index is -0.682. The van der Waals surface area contributed by atoms with Crippen LogP contribution in [0.4, 0.5) is 0 Å². The summed E-state index contributed by atoms with van der Waals surface area (Å²) in [5.74, 6) is 0. The number of ether oxygens (including phenoxy) is 1. The molecule has 0 saturated heterocycles. The molecule has 1 heterocycles. The standard InChI is InChI=1S/C13H24BrN3O2/c1-13(2,3)19-9-11(18)12-10(14)8-15-17(12)7-6-16(4)5/h8,11,18H,6-7,9H2,1-5H3. The van der Waals surface area contributed by atoms with E-state index >= 15 is 0 Å². The maximum Gasteiger partial charge on any atom is 0.120 e. The fourth-order valence-corrected chi connectivity index (χ4v) is 2.14. The summed E-state index contributed by atoms with van der Waals surface area (Å²) in [5, 5.41) is 14.6. The molecule has 6 heteroatoms. The van der Waals surface area contributed by atoms with Crippen molar-refractivity contribution < 1.29 is 9.84 Å². The van der Waals surface area contributed by atoms with Crippen molar-refractivity contribution in [3.05, 3.63) is 16.4 Å². The fraction of sp³-hybridized carbons (Fsp3) is 0.769. The van der Waals surface area contributed by atoms with Gasteiger partial charge in [-0.2, -0.15) is 5.10 Å². The Morgan fingerprint density at radius 1 is 1.47 bits per heavy atom. The lowest BCUT2D eigenvalue weighted by Gasteiger charge is -2.23. The summed E-state index contributed by atoms with van der Waals surface area (Å²) >= 11 is 3.43. The molecule has 1 aromatic heterocycles. The van der Waals surface area contributed by atoms with Crippen molar-refractivity contribution >= 4 is 15.9 Å². The van der Waals surface area contributed by atoms with E-state index in [1.54, 1.807) is 6.20 Å². The molecule has 0 fully saturated rings. The molecule has 0 saturated carbocycles. The molecule has 1 atom stereocenters. The number of aliphatic hydroxyl groups is 1. The molecule has 19 heavy (non-hydrogen) atoms. The van der Waals surface area contributed by atoms with Crippen LogP contribution < -0.4 is 0 Å². The second-order valence-corrected chi connectivity index (χ2v) is 6.70. The van der Waals surface area contributed by atoms with Gasteiger partial charge in [0.05, 0.1) is 35.1 Å². The molecule has 110 valence electrons. The Labute approximate surface area is 123 Å². The highest BCUT2D eigenvalue weighted by atomic mass is 79.9. The highest BCUT2D eigenvalue weighted by molar-refractivity contribution is 9.10. The average Bonchev–Trinajstić information content (AvgIpc) is 2.64. The maximum absolute atomic E-state index is 10.3. The van der Waals surface area contributed by atoms with Crippen molar-refractivity contribution in [2.24, 2.45) is 0 Å². The first-order valence-electron chi connectivity index (χ1n) is 6.38. The van der Waals surface area contributed by atoms with E-state index in [9.17, 15) is 5.11 Å². The molecular formula is C13H24BrN3O2. The zero-order valence-electron chi connectivity index (χ0n) is 12.4. The summed E-state index contributed by atoms with van der Waals surface area (Å²) in [5.41, 5.74) is 0.508. The van der Waals surface area contributed by atoms with E-state index in [1.165, 1.54) is 0 Å². The number of hydrogen-bond donors (Lipinski definition) is 1. The zero-order chi connectivity index (χ0) is 14.6. The van der Waals surface area contributed by atoms with Gasteiger partial charge in [-0.05, 0) is 50.8 Å². The first-order chi connectivity index (χ1) is 8.70. The van der Waals surface area contributed by atoms with Gasteiger partial charge >= 0.3 is 0 Å². The number of nitrogens with zero attached hydrogens (tertiary/aromatic N) is 3. The van der Waals surface area contributed by atoms with Crippen LogP contribution in [0.15, 0.2) is 10.7 Å². The summed E-state index contributed by atoms with van der Waals surface area (Å²) in [6.45, 7) is 7.78. The van der Waals surface area contributed by atoms with E-state index in [1.807, 2.05) is 39.5 Å². The SMILES string of the molecule is CN(C)CCn1ncc(Br)c1C(O)COC(C)(C)C. The summed E-state index contributed by atoms with van der Waals surface area (Å²) in [4.78, 5) is 2.08. The van der Waals surface area contributed by atoms with Gasteiger partial charge in [0, 0.05) is 6.54 Å². The van der Waals surface area contributed by atoms with Crippen molar-refractivity contribution in [1.29, 1.82) is 0 Å². The van der Waals surface area contributed by atoms with E-state index in [-0.39, 0.29) is 12.2 Å². The molecule has 1 aromatic rings. The van der Waals surface area contributed by atoms with Crippen molar-refractivity contribution in [3.63, 3.8) is 0 Å². The average molecular weight is 334 g/mol. The minimum absolute atomic E-state index is 0.260. The van der Waals surface area contributed by atoms with Crippen LogP contribution in [-0.2, 0) is 11.3 Å². The highest BCUT2D eigenvalue weighted by Crippen LogP contribution is 2.24. The van der Waals surface area contributed by atoms with Crippen molar-refractivity contribution in [2.45, 2.75) is 39.0 Å². The quantitative estimate of drug-likeness (QED) is 0.865. The number of hydrogen-bond acceptors (Lipinski definition) is 4. The number of aliphatic hydroxyl groups excluding tert-OH is 1. The third kappa shape index (κ3) is 5.60. The predicted octanol–water partition coefficient (Wildman–Crippen LogP) is 2.06. The molecule has 0 aromatic carbocycles. The summed E-state index contributed by atoms with van der Waals surface area (Å²) < 4.78 is 8.26. The van der Waals surface area contributed by atoms with Crippen molar-refractivity contribution in [1.82, 2.24) is 14.7 Å². The molecule has 1 unspecified atom stereocenters. The number of halogens is 1. The predicted molar refractivity (Wildman–Crippen MR) is 79.1 cm³/mol. The van der Waals surface area contributed by atoms with E-state index in [4.69, 9.17) is 4.74 Å². The molecule has 0 aliphatic rings. The van der Waals surface area contributed by atoms with Gasteiger partial charge in [0.1, 0.15) is 6.10 Å². The topological polar surface area (TPSA) is 50.5 Å². The second-order valence-electron chi connectivity index (χ2n) is 5.84. The smallest absolute Gasteiger partial charge is 0.120 e. The summed E-state index contributed by atoms with van der Waals surface area (Å²) in [6.07, 6.45) is 1.03. The van der Waals surface area contributed by atoms with Gasteiger partial charge in [-0.3, -0.25) is 4.68 Å². The van der Waals surface area contributed by atoms with Crippen LogP contribution in [0.3, 0.4) is 0 Å². The van der Waals surface area contributed by atoms with Crippen LogP contribution in [0.25, 0.3) is 0 Å². The van der Waals surface area contributed by atoms with E-state index < -0.39 is 6.10 Å². The monoisotopic (exact) mass is 333 g/mol. The molecule has 0 aliphatic carbocycles. The van der Waals surface area contributed by atoms with E-state index in [2.05, 4.69) is 25.9 Å². The lowest BCUT2D eigenvalue weighted by molar-refractivity contribution is -0.0519. The van der Waals surface area contributed by atoms with Crippen molar-refractivity contribution in [3.8, 4) is 0 Å². The largest absolute Gasteiger partial charge is 0.384 e. The molecule has 0 aliphatic heterocycles. The van der Waals surface area contributed by atoms with Crippen LogP contribution in [-0.4, -0.2) is 52.6 Å². The van der Waals surface area contributed by atoms with Gasteiger partial charge in [-0.1, -0.05) is 0 Å². The third-order valence-electron chi connectivity index (χ3n) is 2.58. The second kappa shape index (κ2) is 6.83. The van der Waals surface area contributed by atoms with Crippen LogP contribution in [0.2, 0.25) is 0 Å². The van der Waals surface area contributed by atoms with Gasteiger partial charge in [0.25, 0.3) is 0 Å². The Morgan fingerprint density at radius 2 is 2.11 bits per heavy atom. The zero-order valence-corrected chi connectivity index (χ0v) is 13.9. The van der Waals surface area contributed by atoms with Crippen LogP contribution in [0, 0.1) is 0 Å². The Morgan fingerprint density at radius 3 is 2.63 bits per heavy atom. The van der Waals surface area contributed by atoms with Gasteiger partial charge in [0.2, 0.25) is 0 Å². The van der Waals surface area contributed by atoms with Gasteiger partial charge in [0.15, 0.2) is 0 Å². The third-order valence-corrected chi connectivity index (χ3v) is 3.19. The first kappa shape index (κ1) is 16.6. The Hall–Kier alpha value is -0.430. The maximum atomic E-state index is 10.3. The fourth-order valence-electron chi connectivity index (χ4n) is 1.58. The first-order valence-corrected chi connectivity index (χ1v) is 7.18. The van der Waals surface area contributed by atoms with Gasteiger partial charge in [-0.15, -0.1) is 0 Å². The lowest BCUT2D eigenvalue weighted by atomic mass is 10.2. The molecular weight excluding hydrogens is 310 g/mol. The summed E-state index contributed by atoms with van der Waals surface area (Å²) in [6, 6.07) is 0. The molecule has 0 bridgehead atoms. The van der Waals surface area contributed by atoms with E-state index in [0.29, 0.717) is 0 Å². The molecule has 5 nitrogen and oxygen atoms in total. The number of likely N-dealkylation sites (N-methyl/N-ethyl adjacent to an activating group) is 1. The minimum Gasteiger partial charge on any atom is -0.384 e. The Kier molecular flexibility index (Phi) is 5.98. The van der Waals surface area contributed by atoms with Crippen LogP contribution in [0.1, 0.15) is 32.6 Å². The molecule has 1 rings (SSSR count). The van der Waals surface area contributed by atoms with Crippen molar-refractivity contribution in [2.75, 3.05) is 27.2 Å². The molecule has 0 amide bonds. The lowest BCUT2D eigenvalue weighted by Crippen LogP contribution is -2.25. The van der Waals surface area contributed by atoms with E-state index in [0.717, 1.165) is 23.3 Å². The Balaban J connectivity index is 2.72. The molecule has 0 radical (unpaired) electrons. The Bertz CT molecular complexity index is 399. The number of rotatable bonds is 6. The van der Waals surface area contributed by atoms with Crippen LogP contribution >= 0.6 is 15.9 Å². The molecule has 0 spiro atoms. The molecule has 1 N–H and O–H groups in total. The highest BCUT2D eigenvalue weighted by Gasteiger charge is 2.21. The van der Waals surface area contributed by atoms with Crippen LogP contribution in [0.5, 0.6) is 0 Å². The number of aromatic nitrogens is 2.